The molecule has 1 atom stereocenters. The average molecular weight is 179 g/mol. The number of benzene rings is 1. The first-order valence-electron chi connectivity index (χ1n) is 4.48. The number of hydrogen-bond donors (Lipinski definition) is 3. The Bertz CT molecular complexity index is 308. The SMILES string of the molecule is OCc1cccc(C2CCN2)c1O. The Morgan fingerprint density at radius 2 is 2.23 bits per heavy atom. The fourth-order valence-electron chi connectivity index (χ4n) is 1.57. The van der Waals surface area contributed by atoms with Gasteiger partial charge in [0.05, 0.1) is 6.61 Å². The molecule has 1 heterocycles. The molecular weight excluding hydrogens is 166 g/mol. The molecule has 1 aromatic carbocycles. The minimum absolute atomic E-state index is 0.105. The van der Waals surface area contributed by atoms with E-state index in [0.29, 0.717) is 5.56 Å². The van der Waals surface area contributed by atoms with Gasteiger partial charge >= 0.3 is 0 Å². The molecule has 13 heavy (non-hydrogen) atoms. The maximum atomic E-state index is 9.72. The van der Waals surface area contributed by atoms with Crippen molar-refractivity contribution in [3.05, 3.63) is 29.3 Å². The van der Waals surface area contributed by atoms with E-state index in [0.717, 1.165) is 18.5 Å². The third kappa shape index (κ3) is 1.41. The number of hydrogen-bond acceptors (Lipinski definition) is 3. The van der Waals surface area contributed by atoms with Crippen LogP contribution in [-0.2, 0) is 6.61 Å². The van der Waals surface area contributed by atoms with Crippen molar-refractivity contribution < 1.29 is 10.2 Å². The smallest absolute Gasteiger partial charge is 0.125 e. The Labute approximate surface area is 77.0 Å². The zero-order valence-electron chi connectivity index (χ0n) is 7.33. The van der Waals surface area contributed by atoms with Crippen molar-refractivity contribution in [1.29, 1.82) is 0 Å². The van der Waals surface area contributed by atoms with Crippen LogP contribution in [0.25, 0.3) is 0 Å². The lowest BCUT2D eigenvalue weighted by Crippen LogP contribution is -2.35. The second kappa shape index (κ2) is 3.36. The Hall–Kier alpha value is -1.06. The fraction of sp³-hybridized carbons (Fsp3) is 0.400. The normalized spacial score (nSPS) is 21.2. The van der Waals surface area contributed by atoms with Gasteiger partial charge in [-0.1, -0.05) is 18.2 Å². The molecule has 0 bridgehead atoms. The third-order valence-electron chi connectivity index (χ3n) is 2.52. The van der Waals surface area contributed by atoms with Crippen LogP contribution >= 0.6 is 0 Å². The molecule has 70 valence electrons. The zero-order valence-corrected chi connectivity index (χ0v) is 7.33. The van der Waals surface area contributed by atoms with Crippen molar-refractivity contribution in [1.82, 2.24) is 5.32 Å². The highest BCUT2D eigenvalue weighted by molar-refractivity contribution is 5.42. The maximum Gasteiger partial charge on any atom is 0.125 e. The predicted octanol–water partition coefficient (Wildman–Crippen LogP) is 0.919. The van der Waals surface area contributed by atoms with E-state index >= 15 is 0 Å². The van der Waals surface area contributed by atoms with E-state index in [1.807, 2.05) is 12.1 Å². The van der Waals surface area contributed by atoms with Crippen LogP contribution in [0.2, 0.25) is 0 Å². The van der Waals surface area contributed by atoms with Crippen molar-refractivity contribution in [2.24, 2.45) is 0 Å². The molecule has 0 aliphatic carbocycles. The van der Waals surface area contributed by atoms with Crippen LogP contribution in [0.15, 0.2) is 18.2 Å². The number of phenols is 1. The summed E-state index contributed by atoms with van der Waals surface area (Å²) >= 11 is 0. The molecule has 1 aliphatic heterocycles. The van der Waals surface area contributed by atoms with Crippen LogP contribution in [0, 0.1) is 0 Å². The van der Waals surface area contributed by atoms with Crippen molar-refractivity contribution in [3.63, 3.8) is 0 Å². The van der Waals surface area contributed by atoms with Gasteiger partial charge in [0.15, 0.2) is 0 Å². The molecule has 0 amide bonds. The Morgan fingerprint density at radius 1 is 1.46 bits per heavy atom. The van der Waals surface area contributed by atoms with Crippen LogP contribution in [-0.4, -0.2) is 16.8 Å². The van der Waals surface area contributed by atoms with E-state index in [2.05, 4.69) is 5.32 Å². The van der Waals surface area contributed by atoms with Crippen LogP contribution in [0.3, 0.4) is 0 Å². The fourth-order valence-corrected chi connectivity index (χ4v) is 1.57. The lowest BCUT2D eigenvalue weighted by molar-refractivity contribution is 0.273. The molecule has 1 aliphatic rings. The lowest BCUT2D eigenvalue weighted by atomic mass is 9.95. The molecule has 3 nitrogen and oxygen atoms in total. The monoisotopic (exact) mass is 179 g/mol. The van der Waals surface area contributed by atoms with Crippen LogP contribution in [0.4, 0.5) is 0 Å². The summed E-state index contributed by atoms with van der Waals surface area (Å²) in [5.41, 5.74) is 1.50. The highest BCUT2D eigenvalue weighted by Crippen LogP contribution is 2.32. The third-order valence-corrected chi connectivity index (χ3v) is 2.52. The van der Waals surface area contributed by atoms with Gasteiger partial charge in [-0.05, 0) is 13.0 Å². The first-order valence-corrected chi connectivity index (χ1v) is 4.48. The molecule has 1 unspecified atom stereocenters. The van der Waals surface area contributed by atoms with Gasteiger partial charge in [0.25, 0.3) is 0 Å². The summed E-state index contributed by atoms with van der Waals surface area (Å²) < 4.78 is 0. The lowest BCUT2D eigenvalue weighted by Gasteiger charge is -2.29. The quantitative estimate of drug-likeness (QED) is 0.632. The predicted molar refractivity (Wildman–Crippen MR) is 49.4 cm³/mol. The molecule has 1 fully saturated rings. The van der Waals surface area contributed by atoms with E-state index in [-0.39, 0.29) is 18.4 Å². The van der Waals surface area contributed by atoms with Gasteiger partial charge in [0.2, 0.25) is 0 Å². The Kier molecular flexibility index (Phi) is 2.20. The molecule has 0 saturated carbocycles. The largest absolute Gasteiger partial charge is 0.507 e. The number of aromatic hydroxyl groups is 1. The highest BCUT2D eigenvalue weighted by Gasteiger charge is 2.22. The summed E-state index contributed by atoms with van der Waals surface area (Å²) in [5, 5.41) is 21.9. The van der Waals surface area contributed by atoms with Gasteiger partial charge in [0.1, 0.15) is 5.75 Å². The number of para-hydroxylation sites is 1. The topological polar surface area (TPSA) is 52.5 Å². The second-order valence-electron chi connectivity index (χ2n) is 3.31. The van der Waals surface area contributed by atoms with Crippen molar-refractivity contribution in [2.75, 3.05) is 6.54 Å². The Balaban J connectivity index is 2.33. The molecule has 0 radical (unpaired) electrons. The van der Waals surface area contributed by atoms with E-state index < -0.39 is 0 Å². The van der Waals surface area contributed by atoms with Crippen molar-refractivity contribution >= 4 is 0 Å². The first kappa shape index (κ1) is 8.53. The Morgan fingerprint density at radius 3 is 2.77 bits per heavy atom. The molecule has 3 heteroatoms. The summed E-state index contributed by atoms with van der Waals surface area (Å²) in [6, 6.07) is 5.76. The average Bonchev–Trinajstić information content (AvgIpc) is 2.05. The van der Waals surface area contributed by atoms with Crippen molar-refractivity contribution in [2.45, 2.75) is 19.1 Å². The van der Waals surface area contributed by atoms with E-state index in [4.69, 9.17) is 5.11 Å². The second-order valence-corrected chi connectivity index (χ2v) is 3.31. The van der Waals surface area contributed by atoms with Gasteiger partial charge in [0, 0.05) is 17.2 Å². The molecule has 1 saturated heterocycles. The van der Waals surface area contributed by atoms with Gasteiger partial charge in [-0.15, -0.1) is 0 Å². The van der Waals surface area contributed by atoms with Crippen molar-refractivity contribution in [3.8, 4) is 5.75 Å². The summed E-state index contributed by atoms with van der Waals surface area (Å²) in [7, 11) is 0. The molecule has 0 aromatic heterocycles. The minimum Gasteiger partial charge on any atom is -0.507 e. The van der Waals surface area contributed by atoms with Gasteiger partial charge < -0.3 is 15.5 Å². The standard InChI is InChI=1S/C10H13NO2/c12-6-7-2-1-3-8(10(7)13)9-4-5-11-9/h1-3,9,11-13H,4-6H2. The van der Waals surface area contributed by atoms with Crippen LogP contribution < -0.4 is 5.32 Å². The summed E-state index contributed by atoms with van der Waals surface area (Å²) in [6.07, 6.45) is 1.06. The van der Waals surface area contributed by atoms with Gasteiger partial charge in [-0.25, -0.2) is 0 Å². The summed E-state index contributed by atoms with van der Waals surface area (Å²) in [4.78, 5) is 0. The van der Waals surface area contributed by atoms with Gasteiger partial charge in [-0.3, -0.25) is 0 Å². The maximum absolute atomic E-state index is 9.72. The number of rotatable bonds is 2. The van der Waals surface area contributed by atoms with E-state index in [1.165, 1.54) is 0 Å². The van der Waals surface area contributed by atoms with Crippen LogP contribution in [0.5, 0.6) is 5.75 Å². The number of aliphatic hydroxyl groups is 1. The summed E-state index contributed by atoms with van der Waals surface area (Å²) in [6.45, 7) is 0.903. The first-order chi connectivity index (χ1) is 6.33. The molecule has 0 spiro atoms. The molecule has 2 rings (SSSR count). The zero-order chi connectivity index (χ0) is 9.26. The number of nitrogens with one attached hydrogen (secondary N) is 1. The van der Waals surface area contributed by atoms with E-state index in [9.17, 15) is 5.11 Å². The highest BCUT2D eigenvalue weighted by atomic mass is 16.3. The number of aliphatic hydroxyl groups excluding tert-OH is 1. The van der Waals surface area contributed by atoms with E-state index in [1.54, 1.807) is 6.07 Å². The molecular formula is C10H13NO2. The van der Waals surface area contributed by atoms with Gasteiger partial charge in [-0.2, -0.15) is 0 Å². The molecule has 3 N–H and O–H groups in total. The molecule has 1 aromatic rings. The van der Waals surface area contributed by atoms with Crippen LogP contribution in [0.1, 0.15) is 23.6 Å². The minimum atomic E-state index is -0.105. The summed E-state index contributed by atoms with van der Waals surface area (Å²) in [5.74, 6) is 0.238.